The molecule has 124 valence electrons. The number of ether oxygens (including phenoxy) is 1. The Balaban J connectivity index is 1.65. The van der Waals surface area contributed by atoms with Gasteiger partial charge in [0.2, 0.25) is 5.91 Å². The molecule has 3 rings (SSSR count). The highest BCUT2D eigenvalue weighted by atomic mass is 16.5. The molecule has 6 nitrogen and oxygen atoms in total. The van der Waals surface area contributed by atoms with Crippen LogP contribution in [0.4, 0.5) is 5.69 Å². The SMILES string of the molecule is C[C@@H](N[C@H](C)c1ccc2c(c1)NC(=O)CO2)C(=O)N1CCCC1. The molecule has 0 aromatic heterocycles. The van der Waals surface area contributed by atoms with Gasteiger partial charge in [-0.3, -0.25) is 14.9 Å². The molecule has 0 aliphatic carbocycles. The number of anilines is 1. The number of nitrogens with one attached hydrogen (secondary N) is 2. The van der Waals surface area contributed by atoms with Crippen molar-refractivity contribution in [2.24, 2.45) is 0 Å². The lowest BCUT2D eigenvalue weighted by molar-refractivity contribution is -0.132. The maximum absolute atomic E-state index is 12.4. The third kappa shape index (κ3) is 3.47. The summed E-state index contributed by atoms with van der Waals surface area (Å²) in [4.78, 5) is 25.7. The zero-order valence-electron chi connectivity index (χ0n) is 13.6. The van der Waals surface area contributed by atoms with Crippen LogP contribution < -0.4 is 15.4 Å². The summed E-state index contributed by atoms with van der Waals surface area (Å²) in [5, 5.41) is 6.16. The topological polar surface area (TPSA) is 70.7 Å². The molecule has 2 atom stereocenters. The van der Waals surface area contributed by atoms with Crippen LogP contribution in [0.25, 0.3) is 0 Å². The van der Waals surface area contributed by atoms with Gasteiger partial charge in [0, 0.05) is 19.1 Å². The van der Waals surface area contributed by atoms with Gasteiger partial charge in [0.25, 0.3) is 5.91 Å². The monoisotopic (exact) mass is 317 g/mol. The fourth-order valence-corrected chi connectivity index (χ4v) is 3.12. The molecule has 2 aliphatic rings. The van der Waals surface area contributed by atoms with E-state index in [1.807, 2.05) is 36.9 Å². The van der Waals surface area contributed by atoms with Gasteiger partial charge in [-0.1, -0.05) is 6.07 Å². The van der Waals surface area contributed by atoms with Gasteiger partial charge >= 0.3 is 0 Å². The van der Waals surface area contributed by atoms with Gasteiger partial charge in [-0.2, -0.15) is 0 Å². The summed E-state index contributed by atoms with van der Waals surface area (Å²) in [5.41, 5.74) is 1.70. The highest BCUT2D eigenvalue weighted by Gasteiger charge is 2.25. The lowest BCUT2D eigenvalue weighted by Crippen LogP contribution is -2.44. The number of carbonyl (C=O) groups is 2. The normalized spacial score (nSPS) is 19.6. The van der Waals surface area contributed by atoms with E-state index in [1.165, 1.54) is 0 Å². The van der Waals surface area contributed by atoms with Crippen molar-refractivity contribution in [3.63, 3.8) is 0 Å². The van der Waals surface area contributed by atoms with Gasteiger partial charge < -0.3 is 15.0 Å². The molecule has 1 aromatic rings. The van der Waals surface area contributed by atoms with E-state index >= 15 is 0 Å². The van der Waals surface area contributed by atoms with Crippen LogP contribution in [0.15, 0.2) is 18.2 Å². The van der Waals surface area contributed by atoms with Crippen LogP contribution in [-0.4, -0.2) is 42.5 Å². The number of likely N-dealkylation sites (tertiary alicyclic amines) is 1. The number of hydrogen-bond acceptors (Lipinski definition) is 4. The van der Waals surface area contributed by atoms with Crippen molar-refractivity contribution in [1.82, 2.24) is 10.2 Å². The van der Waals surface area contributed by atoms with Crippen LogP contribution in [0.3, 0.4) is 0 Å². The van der Waals surface area contributed by atoms with E-state index in [4.69, 9.17) is 4.74 Å². The molecule has 0 radical (unpaired) electrons. The fraction of sp³-hybridized carbons (Fsp3) is 0.529. The van der Waals surface area contributed by atoms with E-state index in [0.717, 1.165) is 31.5 Å². The van der Waals surface area contributed by atoms with Crippen molar-refractivity contribution in [3.05, 3.63) is 23.8 Å². The molecule has 2 amide bonds. The number of amides is 2. The van der Waals surface area contributed by atoms with Crippen molar-refractivity contribution in [1.29, 1.82) is 0 Å². The summed E-state index contributed by atoms with van der Waals surface area (Å²) in [6, 6.07) is 5.48. The molecule has 0 bridgehead atoms. The molecule has 1 saturated heterocycles. The summed E-state index contributed by atoms with van der Waals surface area (Å²) < 4.78 is 5.36. The predicted octanol–water partition coefficient (Wildman–Crippen LogP) is 1.68. The van der Waals surface area contributed by atoms with Crippen molar-refractivity contribution < 1.29 is 14.3 Å². The Hall–Kier alpha value is -2.08. The zero-order chi connectivity index (χ0) is 16.4. The number of nitrogens with zero attached hydrogens (tertiary/aromatic N) is 1. The Kier molecular flexibility index (Phi) is 4.52. The highest BCUT2D eigenvalue weighted by molar-refractivity contribution is 5.95. The number of hydrogen-bond donors (Lipinski definition) is 2. The summed E-state index contributed by atoms with van der Waals surface area (Å²) in [5.74, 6) is 0.693. The average molecular weight is 317 g/mol. The summed E-state index contributed by atoms with van der Waals surface area (Å²) in [6.07, 6.45) is 2.19. The van der Waals surface area contributed by atoms with Gasteiger partial charge in [0.05, 0.1) is 11.7 Å². The predicted molar refractivity (Wildman–Crippen MR) is 87.4 cm³/mol. The first-order chi connectivity index (χ1) is 11.0. The average Bonchev–Trinajstić information content (AvgIpc) is 3.07. The Morgan fingerprint density at radius 2 is 2.04 bits per heavy atom. The van der Waals surface area contributed by atoms with E-state index < -0.39 is 0 Å². The number of rotatable bonds is 4. The molecular formula is C17H23N3O3. The van der Waals surface area contributed by atoms with E-state index in [2.05, 4.69) is 10.6 Å². The van der Waals surface area contributed by atoms with Gasteiger partial charge in [0.1, 0.15) is 5.75 Å². The Labute approximate surface area is 136 Å². The molecule has 1 aromatic carbocycles. The second-order valence-corrected chi connectivity index (χ2v) is 6.23. The largest absolute Gasteiger partial charge is 0.482 e. The lowest BCUT2D eigenvalue weighted by Gasteiger charge is -2.25. The van der Waals surface area contributed by atoms with Gasteiger partial charge in [-0.15, -0.1) is 0 Å². The smallest absolute Gasteiger partial charge is 0.262 e. The van der Waals surface area contributed by atoms with Gasteiger partial charge in [-0.05, 0) is 44.4 Å². The van der Waals surface area contributed by atoms with E-state index in [1.54, 1.807) is 0 Å². The quantitative estimate of drug-likeness (QED) is 0.886. The second-order valence-electron chi connectivity index (χ2n) is 6.23. The highest BCUT2D eigenvalue weighted by Crippen LogP contribution is 2.30. The molecule has 2 aliphatic heterocycles. The summed E-state index contributed by atoms with van der Waals surface area (Å²) in [6.45, 7) is 5.70. The zero-order valence-corrected chi connectivity index (χ0v) is 13.6. The Bertz CT molecular complexity index is 611. The Morgan fingerprint density at radius 1 is 1.30 bits per heavy atom. The second kappa shape index (κ2) is 6.58. The first kappa shape index (κ1) is 15.8. The van der Waals surface area contributed by atoms with E-state index in [-0.39, 0.29) is 30.5 Å². The van der Waals surface area contributed by atoms with Crippen LogP contribution in [0.2, 0.25) is 0 Å². The van der Waals surface area contributed by atoms with Crippen molar-refractivity contribution in [2.75, 3.05) is 25.0 Å². The van der Waals surface area contributed by atoms with E-state index in [0.29, 0.717) is 11.4 Å². The van der Waals surface area contributed by atoms with Crippen LogP contribution >= 0.6 is 0 Å². The third-order valence-corrected chi connectivity index (χ3v) is 4.42. The van der Waals surface area contributed by atoms with Crippen LogP contribution in [0.5, 0.6) is 5.75 Å². The third-order valence-electron chi connectivity index (χ3n) is 4.42. The molecule has 0 spiro atoms. The summed E-state index contributed by atoms with van der Waals surface area (Å²) >= 11 is 0. The van der Waals surface area contributed by atoms with Crippen LogP contribution in [-0.2, 0) is 9.59 Å². The van der Waals surface area contributed by atoms with Gasteiger partial charge in [0.15, 0.2) is 6.61 Å². The molecule has 1 fully saturated rings. The fourth-order valence-electron chi connectivity index (χ4n) is 3.12. The minimum atomic E-state index is -0.232. The molecule has 0 unspecified atom stereocenters. The molecule has 2 N–H and O–H groups in total. The molecule has 2 heterocycles. The first-order valence-electron chi connectivity index (χ1n) is 8.16. The van der Waals surface area contributed by atoms with Crippen LogP contribution in [0.1, 0.15) is 38.3 Å². The van der Waals surface area contributed by atoms with Crippen molar-refractivity contribution in [3.8, 4) is 5.75 Å². The number of carbonyl (C=O) groups excluding carboxylic acids is 2. The molecule has 0 saturated carbocycles. The standard InChI is InChI=1S/C17H23N3O3/c1-11(18-12(2)17(22)20-7-3-4-8-20)13-5-6-15-14(9-13)19-16(21)10-23-15/h5-6,9,11-12,18H,3-4,7-8,10H2,1-2H3,(H,19,21)/t11-,12-/m1/s1. The lowest BCUT2D eigenvalue weighted by atomic mass is 10.1. The minimum Gasteiger partial charge on any atom is -0.482 e. The molecular weight excluding hydrogens is 294 g/mol. The van der Waals surface area contributed by atoms with Crippen molar-refractivity contribution >= 4 is 17.5 Å². The maximum Gasteiger partial charge on any atom is 0.262 e. The Morgan fingerprint density at radius 3 is 2.78 bits per heavy atom. The minimum absolute atomic E-state index is 0.000631. The van der Waals surface area contributed by atoms with Crippen molar-refractivity contribution in [2.45, 2.75) is 38.8 Å². The van der Waals surface area contributed by atoms with Gasteiger partial charge in [-0.25, -0.2) is 0 Å². The first-order valence-corrected chi connectivity index (χ1v) is 8.16. The van der Waals surface area contributed by atoms with E-state index in [9.17, 15) is 9.59 Å². The molecule has 23 heavy (non-hydrogen) atoms. The number of fused-ring (bicyclic) bond motifs is 1. The molecule has 6 heteroatoms. The number of benzene rings is 1. The summed E-state index contributed by atoms with van der Waals surface area (Å²) in [7, 11) is 0. The maximum atomic E-state index is 12.4. The van der Waals surface area contributed by atoms with Crippen LogP contribution in [0, 0.1) is 0 Å².